The molecule has 1 heterocycles. The quantitative estimate of drug-likeness (QED) is 0.739. The third-order valence-electron chi connectivity index (χ3n) is 2.56. The first kappa shape index (κ1) is 11.7. The van der Waals surface area contributed by atoms with Crippen molar-refractivity contribution < 1.29 is 0 Å². The Bertz CT molecular complexity index is 552. The molecule has 0 spiro atoms. The van der Waals surface area contributed by atoms with E-state index in [-0.39, 0.29) is 0 Å². The van der Waals surface area contributed by atoms with Crippen LogP contribution in [0.4, 0.5) is 5.69 Å². The van der Waals surface area contributed by atoms with Crippen molar-refractivity contribution >= 4 is 44.0 Å². The summed E-state index contributed by atoms with van der Waals surface area (Å²) in [7, 11) is 4.04. The number of benzene rings is 1. The average molecular weight is 300 g/mol. The van der Waals surface area contributed by atoms with E-state index in [1.54, 1.807) is 0 Å². The first-order valence-electron chi connectivity index (χ1n) is 4.93. The van der Waals surface area contributed by atoms with Crippen molar-refractivity contribution in [1.82, 2.24) is 4.98 Å². The number of anilines is 1. The molecule has 16 heavy (non-hydrogen) atoms. The van der Waals surface area contributed by atoms with E-state index in [1.165, 1.54) is 0 Å². The van der Waals surface area contributed by atoms with Crippen molar-refractivity contribution in [2.75, 3.05) is 19.0 Å². The van der Waals surface area contributed by atoms with Crippen molar-refractivity contribution in [1.29, 1.82) is 0 Å². The van der Waals surface area contributed by atoms with Gasteiger partial charge in [0.15, 0.2) is 0 Å². The van der Waals surface area contributed by atoms with Gasteiger partial charge in [-0.2, -0.15) is 0 Å². The second-order valence-corrected chi connectivity index (χ2v) is 5.08. The molecule has 0 atom stereocenters. The highest BCUT2D eigenvalue weighted by atomic mass is 79.9. The molecule has 0 N–H and O–H groups in total. The predicted molar refractivity (Wildman–Crippen MR) is 73.5 cm³/mol. The maximum Gasteiger partial charge on any atom is 0.137 e. The van der Waals surface area contributed by atoms with Crippen LogP contribution in [0.3, 0.4) is 0 Å². The van der Waals surface area contributed by atoms with Crippen LogP contribution in [0.2, 0.25) is 5.15 Å². The van der Waals surface area contributed by atoms with Crippen LogP contribution in [0.25, 0.3) is 10.8 Å². The molecule has 0 aliphatic carbocycles. The summed E-state index contributed by atoms with van der Waals surface area (Å²) < 4.78 is 1.01. The van der Waals surface area contributed by atoms with Gasteiger partial charge in [-0.1, -0.05) is 11.6 Å². The number of halogens is 2. The minimum atomic E-state index is 0.556. The van der Waals surface area contributed by atoms with E-state index in [0.717, 1.165) is 26.6 Å². The number of hydrogen-bond acceptors (Lipinski definition) is 2. The minimum Gasteiger partial charge on any atom is -0.378 e. The summed E-state index contributed by atoms with van der Waals surface area (Å²) in [4.78, 5) is 6.35. The van der Waals surface area contributed by atoms with E-state index in [0.29, 0.717) is 5.15 Å². The molecule has 2 aromatic rings. The molecule has 1 aromatic carbocycles. The third-order valence-corrected chi connectivity index (χ3v) is 3.85. The van der Waals surface area contributed by atoms with Crippen LogP contribution in [-0.2, 0) is 0 Å². The van der Waals surface area contributed by atoms with Gasteiger partial charge in [0.25, 0.3) is 0 Å². The summed E-state index contributed by atoms with van der Waals surface area (Å²) in [6, 6.07) is 6.15. The van der Waals surface area contributed by atoms with Crippen LogP contribution in [0.1, 0.15) is 5.69 Å². The van der Waals surface area contributed by atoms with Crippen LogP contribution in [-0.4, -0.2) is 19.1 Å². The van der Waals surface area contributed by atoms with E-state index in [1.807, 2.05) is 33.2 Å². The lowest BCUT2D eigenvalue weighted by molar-refractivity contribution is 1.13. The lowest BCUT2D eigenvalue weighted by Gasteiger charge is -2.14. The second kappa shape index (κ2) is 4.22. The first-order valence-corrected chi connectivity index (χ1v) is 6.10. The topological polar surface area (TPSA) is 16.1 Å². The smallest absolute Gasteiger partial charge is 0.137 e. The molecule has 0 amide bonds. The molecule has 0 fully saturated rings. The summed E-state index contributed by atoms with van der Waals surface area (Å²) >= 11 is 9.68. The van der Waals surface area contributed by atoms with Gasteiger partial charge in [-0.05, 0) is 41.1 Å². The Morgan fingerprint density at radius 2 is 1.94 bits per heavy atom. The van der Waals surface area contributed by atoms with Crippen LogP contribution in [0.5, 0.6) is 0 Å². The molecular weight excluding hydrogens is 288 g/mol. The molecule has 0 unspecified atom stereocenters. The molecule has 4 heteroatoms. The van der Waals surface area contributed by atoms with E-state index in [2.05, 4.69) is 31.9 Å². The Labute approximate surface area is 108 Å². The van der Waals surface area contributed by atoms with E-state index in [9.17, 15) is 0 Å². The number of nitrogens with zero attached hydrogens (tertiary/aromatic N) is 2. The van der Waals surface area contributed by atoms with Gasteiger partial charge >= 0.3 is 0 Å². The van der Waals surface area contributed by atoms with E-state index in [4.69, 9.17) is 11.6 Å². The van der Waals surface area contributed by atoms with Crippen molar-refractivity contribution in [2.45, 2.75) is 6.92 Å². The normalized spacial score (nSPS) is 10.8. The predicted octanol–water partition coefficient (Wildman–Crippen LogP) is 4.03. The fourth-order valence-corrected chi connectivity index (χ4v) is 2.33. The lowest BCUT2D eigenvalue weighted by Crippen LogP contribution is -2.08. The van der Waals surface area contributed by atoms with Gasteiger partial charge in [0.1, 0.15) is 5.15 Å². The van der Waals surface area contributed by atoms with Crippen LogP contribution in [0, 0.1) is 6.92 Å². The molecule has 0 radical (unpaired) electrons. The summed E-state index contributed by atoms with van der Waals surface area (Å²) in [6.45, 7) is 1.94. The highest BCUT2D eigenvalue weighted by Gasteiger charge is 2.09. The number of fused-ring (bicyclic) bond motifs is 1. The fourth-order valence-electron chi connectivity index (χ4n) is 1.62. The molecule has 1 aromatic heterocycles. The molecule has 2 nitrogen and oxygen atoms in total. The Morgan fingerprint density at radius 3 is 2.56 bits per heavy atom. The Balaban J connectivity index is 2.81. The first-order chi connectivity index (χ1) is 7.50. The zero-order chi connectivity index (χ0) is 11.9. The second-order valence-electron chi connectivity index (χ2n) is 3.93. The van der Waals surface area contributed by atoms with Gasteiger partial charge in [0, 0.05) is 35.0 Å². The SMILES string of the molecule is Cc1nc(Cl)c2ccc(N(C)C)cc2c1Br. The number of aromatic nitrogens is 1. The molecule has 84 valence electrons. The molecule has 0 aliphatic rings. The van der Waals surface area contributed by atoms with Gasteiger partial charge < -0.3 is 4.90 Å². The molecule has 0 saturated heterocycles. The number of rotatable bonds is 1. The minimum absolute atomic E-state index is 0.556. The van der Waals surface area contributed by atoms with Gasteiger partial charge in [-0.25, -0.2) is 4.98 Å². The monoisotopic (exact) mass is 298 g/mol. The number of hydrogen-bond donors (Lipinski definition) is 0. The van der Waals surface area contributed by atoms with E-state index >= 15 is 0 Å². The maximum atomic E-state index is 6.12. The summed E-state index contributed by atoms with van der Waals surface area (Å²) in [5.41, 5.74) is 2.06. The van der Waals surface area contributed by atoms with Crippen molar-refractivity contribution in [3.05, 3.63) is 33.5 Å². The zero-order valence-corrected chi connectivity index (χ0v) is 11.7. The Morgan fingerprint density at radius 1 is 1.25 bits per heavy atom. The fraction of sp³-hybridized carbons (Fsp3) is 0.250. The lowest BCUT2D eigenvalue weighted by atomic mass is 10.1. The summed E-state index contributed by atoms with van der Waals surface area (Å²) in [5.74, 6) is 0. The number of aryl methyl sites for hydroxylation is 1. The molecule has 0 bridgehead atoms. The zero-order valence-electron chi connectivity index (χ0n) is 9.38. The van der Waals surface area contributed by atoms with E-state index < -0.39 is 0 Å². The highest BCUT2D eigenvalue weighted by molar-refractivity contribution is 9.10. The van der Waals surface area contributed by atoms with Crippen LogP contribution in [0.15, 0.2) is 22.7 Å². The molecule has 2 rings (SSSR count). The summed E-state index contributed by atoms with van der Waals surface area (Å²) in [6.07, 6.45) is 0. The standard InChI is InChI=1S/C12H12BrClN2/c1-7-11(13)10-6-8(16(2)3)4-5-9(10)12(14)15-7/h4-6H,1-3H3. The van der Waals surface area contributed by atoms with Crippen LogP contribution < -0.4 is 4.90 Å². The van der Waals surface area contributed by atoms with Gasteiger partial charge in [0.05, 0.1) is 5.69 Å². The summed E-state index contributed by atoms with van der Waals surface area (Å²) in [5, 5.41) is 2.63. The van der Waals surface area contributed by atoms with Crippen molar-refractivity contribution in [3.8, 4) is 0 Å². The number of pyridine rings is 1. The maximum absolute atomic E-state index is 6.12. The van der Waals surface area contributed by atoms with Crippen LogP contribution >= 0.6 is 27.5 Å². The average Bonchev–Trinajstić information content (AvgIpc) is 2.25. The van der Waals surface area contributed by atoms with Gasteiger partial charge in [0.2, 0.25) is 0 Å². The third kappa shape index (κ3) is 1.89. The molecular formula is C12H12BrClN2. The largest absolute Gasteiger partial charge is 0.378 e. The van der Waals surface area contributed by atoms with Crippen molar-refractivity contribution in [2.24, 2.45) is 0 Å². The van der Waals surface area contributed by atoms with Crippen molar-refractivity contribution in [3.63, 3.8) is 0 Å². The molecule has 0 saturated carbocycles. The van der Waals surface area contributed by atoms with Gasteiger partial charge in [-0.15, -0.1) is 0 Å². The highest BCUT2D eigenvalue weighted by Crippen LogP contribution is 2.33. The Kier molecular flexibility index (Phi) is 3.08. The Hall–Kier alpha value is -0.800. The van der Waals surface area contributed by atoms with Gasteiger partial charge in [-0.3, -0.25) is 0 Å². The molecule has 0 aliphatic heterocycles.